The van der Waals surface area contributed by atoms with Crippen molar-refractivity contribution >= 4 is 18.3 Å². The fraction of sp³-hybridized carbons (Fsp3) is 0.700. The van der Waals surface area contributed by atoms with E-state index in [-0.39, 0.29) is 13.2 Å². The third-order valence-corrected chi connectivity index (χ3v) is 1.76. The molecule has 0 unspecified atom stereocenters. The average Bonchev–Trinajstić information content (AvgIpc) is 2.34. The Morgan fingerprint density at radius 2 is 1.14 bits per heavy atom. The van der Waals surface area contributed by atoms with Crippen LogP contribution in [-0.2, 0) is 14.2 Å². The zero-order valence-corrected chi connectivity index (χ0v) is 11.6. The molecule has 0 spiro atoms. The first kappa shape index (κ1) is 18.8. The van der Waals surface area contributed by atoms with Gasteiger partial charge in [-0.25, -0.2) is 14.4 Å². The second-order valence-corrected chi connectivity index (χ2v) is 3.19. The van der Waals surface area contributed by atoms with Crippen LogP contribution in [0.1, 0.15) is 20.8 Å². The lowest BCUT2D eigenvalue weighted by Gasteiger charge is -2.31. The number of amides is 3. The summed E-state index contributed by atoms with van der Waals surface area (Å²) in [5, 5.41) is -1.72. The number of halogens is 3. The van der Waals surface area contributed by atoms with E-state index in [0.717, 1.165) is 0 Å². The lowest BCUT2D eigenvalue weighted by Crippen LogP contribution is -2.59. The van der Waals surface area contributed by atoms with Gasteiger partial charge < -0.3 is 14.2 Å². The fourth-order valence-corrected chi connectivity index (χ4v) is 1.09. The fourth-order valence-electron chi connectivity index (χ4n) is 1.09. The molecule has 11 heteroatoms. The number of carbonyl (C=O) groups excluding carboxylic acids is 3. The van der Waals surface area contributed by atoms with Crippen LogP contribution in [-0.4, -0.2) is 54.4 Å². The van der Waals surface area contributed by atoms with Crippen LogP contribution in [0.3, 0.4) is 0 Å². The molecule has 0 aromatic rings. The number of alkyl halides is 3. The van der Waals surface area contributed by atoms with Gasteiger partial charge in [-0.15, -0.1) is 23.2 Å². The predicted octanol–water partition coefficient (Wildman–Crippen LogP) is 2.49. The third kappa shape index (κ3) is 5.36. The highest BCUT2D eigenvalue weighted by Crippen LogP contribution is 2.25. The minimum atomic E-state index is -5.40. The van der Waals surface area contributed by atoms with Crippen molar-refractivity contribution in [2.45, 2.75) is 27.1 Å². The van der Waals surface area contributed by atoms with Crippen molar-refractivity contribution in [2.24, 2.45) is 0 Å². The Bertz CT molecular complexity index is 369. The maximum atomic E-state index is 12.9. The number of imide groups is 1. The predicted molar refractivity (Wildman–Crippen MR) is 60.8 cm³/mol. The van der Waals surface area contributed by atoms with E-state index in [4.69, 9.17) is 0 Å². The van der Waals surface area contributed by atoms with E-state index in [2.05, 4.69) is 14.2 Å². The van der Waals surface area contributed by atoms with E-state index >= 15 is 0 Å². The Kier molecular flexibility index (Phi) is 7.31. The van der Waals surface area contributed by atoms with Gasteiger partial charge in [0.15, 0.2) is 0 Å². The van der Waals surface area contributed by atoms with Gasteiger partial charge in [0.05, 0.1) is 19.8 Å². The van der Waals surface area contributed by atoms with Gasteiger partial charge in [-0.3, -0.25) is 0 Å². The van der Waals surface area contributed by atoms with Crippen molar-refractivity contribution in [1.29, 1.82) is 0 Å². The third-order valence-electron chi connectivity index (χ3n) is 1.76. The number of carbonyl (C=O) groups is 3. The molecule has 3 amide bonds. The van der Waals surface area contributed by atoms with Crippen molar-refractivity contribution < 1.29 is 41.8 Å². The lowest BCUT2D eigenvalue weighted by molar-refractivity contribution is -0.276. The summed E-state index contributed by atoms with van der Waals surface area (Å²) in [6.07, 6.45) is -10.8. The second kappa shape index (κ2) is 8.17. The lowest BCUT2D eigenvalue weighted by atomic mass is 10.7. The summed E-state index contributed by atoms with van der Waals surface area (Å²) in [5.74, 6) is 0. The van der Waals surface area contributed by atoms with Crippen LogP contribution in [0.2, 0.25) is 0 Å². The molecule has 0 rings (SSSR count). The van der Waals surface area contributed by atoms with E-state index in [1.807, 2.05) is 0 Å². The zero-order chi connectivity index (χ0) is 16.6. The molecule has 0 saturated heterocycles. The Morgan fingerprint density at radius 3 is 1.43 bits per heavy atom. The molecule has 0 radical (unpaired) electrons. The van der Waals surface area contributed by atoms with E-state index in [1.165, 1.54) is 20.8 Å². The zero-order valence-electron chi connectivity index (χ0n) is 11.6. The maximum absolute atomic E-state index is 12.9. The molecule has 0 aromatic carbocycles. The molecule has 21 heavy (non-hydrogen) atoms. The van der Waals surface area contributed by atoms with E-state index < -0.39 is 41.2 Å². The average molecular weight is 316 g/mol. The van der Waals surface area contributed by atoms with Gasteiger partial charge in [-0.05, 0) is 20.8 Å². The van der Waals surface area contributed by atoms with Gasteiger partial charge in [0.2, 0.25) is 0 Å². The summed E-state index contributed by atoms with van der Waals surface area (Å²) >= 11 is 0. The summed E-state index contributed by atoms with van der Waals surface area (Å²) in [7, 11) is 0. The Balaban J connectivity index is 5.61. The summed E-state index contributed by atoms with van der Waals surface area (Å²) in [4.78, 5) is 34.4. The van der Waals surface area contributed by atoms with Crippen molar-refractivity contribution in [3.8, 4) is 0 Å². The minimum Gasteiger partial charge on any atom is -0.448 e. The maximum Gasteiger partial charge on any atom is 0.509 e. The highest BCUT2D eigenvalue weighted by Gasteiger charge is 2.52. The van der Waals surface area contributed by atoms with Crippen LogP contribution in [0.25, 0.3) is 0 Å². The van der Waals surface area contributed by atoms with Crippen LogP contribution in [0.4, 0.5) is 27.6 Å². The normalized spacial score (nSPS) is 10.6. The molecule has 0 saturated carbocycles. The molecule has 0 bridgehead atoms. The van der Waals surface area contributed by atoms with Crippen molar-refractivity contribution in [3.05, 3.63) is 0 Å². The molecule has 0 N–H and O–H groups in total. The van der Waals surface area contributed by atoms with E-state index in [9.17, 15) is 27.6 Å². The number of hydrogen-bond acceptors (Lipinski definition) is 6. The summed E-state index contributed by atoms with van der Waals surface area (Å²) in [5.41, 5.74) is 0. The molecule has 0 heterocycles. The number of ether oxygens (including phenoxy) is 3. The van der Waals surface area contributed by atoms with Crippen molar-refractivity contribution in [1.82, 2.24) is 10.0 Å². The first-order valence-electron chi connectivity index (χ1n) is 5.87. The molecule has 0 aliphatic heterocycles. The Labute approximate surface area is 118 Å². The second-order valence-electron chi connectivity index (χ2n) is 3.19. The molecule has 0 atom stereocenters. The highest BCUT2D eigenvalue weighted by molar-refractivity contribution is 5.90. The van der Waals surface area contributed by atoms with Gasteiger partial charge in [0.1, 0.15) is 0 Å². The van der Waals surface area contributed by atoms with E-state index in [1.54, 1.807) is 0 Å². The standard InChI is InChI=1S/C10H15F3N2O6/c1-4-19-7(16)14(8(17)20-5-2)15(10(11,12)13)9(18)21-6-3/h4-6H2,1-3H3. The van der Waals surface area contributed by atoms with E-state index in [0.29, 0.717) is 0 Å². The van der Waals surface area contributed by atoms with Crippen LogP contribution < -0.4 is 0 Å². The first-order chi connectivity index (χ1) is 9.70. The van der Waals surface area contributed by atoms with Gasteiger partial charge in [0.25, 0.3) is 0 Å². The summed E-state index contributed by atoms with van der Waals surface area (Å²) < 4.78 is 51.5. The molecule has 0 aliphatic carbocycles. The first-order valence-corrected chi connectivity index (χ1v) is 5.87. The van der Waals surface area contributed by atoms with Crippen LogP contribution in [0.5, 0.6) is 0 Å². The van der Waals surface area contributed by atoms with Gasteiger partial charge >= 0.3 is 24.6 Å². The number of hydrogen-bond donors (Lipinski definition) is 0. The number of hydrazine groups is 1. The topological polar surface area (TPSA) is 85.4 Å². The van der Waals surface area contributed by atoms with Crippen LogP contribution in [0, 0.1) is 0 Å². The number of rotatable bonds is 3. The van der Waals surface area contributed by atoms with Gasteiger partial charge in [-0.2, -0.15) is 0 Å². The molecule has 122 valence electrons. The SMILES string of the molecule is CCOC(=O)N(C(=O)OCC)N(C(=O)OCC)C(F)(F)F. The largest absolute Gasteiger partial charge is 0.509 e. The molecular weight excluding hydrogens is 301 g/mol. The summed E-state index contributed by atoms with van der Waals surface area (Å²) in [6, 6.07) is 0. The Hall–Kier alpha value is -2.20. The molecule has 0 aliphatic rings. The van der Waals surface area contributed by atoms with Crippen molar-refractivity contribution in [2.75, 3.05) is 19.8 Å². The number of nitrogens with zero attached hydrogens (tertiary/aromatic N) is 2. The smallest absolute Gasteiger partial charge is 0.448 e. The molecular formula is C10H15F3N2O6. The van der Waals surface area contributed by atoms with Crippen LogP contribution in [0.15, 0.2) is 0 Å². The quantitative estimate of drug-likeness (QED) is 0.452. The van der Waals surface area contributed by atoms with Crippen LogP contribution >= 0.6 is 0 Å². The summed E-state index contributed by atoms with van der Waals surface area (Å²) in [6.45, 7) is 2.84. The van der Waals surface area contributed by atoms with Gasteiger partial charge in [0, 0.05) is 0 Å². The Morgan fingerprint density at radius 1 is 0.810 bits per heavy atom. The van der Waals surface area contributed by atoms with Gasteiger partial charge in [-0.1, -0.05) is 0 Å². The monoisotopic (exact) mass is 316 g/mol. The minimum absolute atomic E-state index is 0.316. The molecule has 0 aromatic heterocycles. The highest BCUT2D eigenvalue weighted by atomic mass is 19.4. The molecule has 8 nitrogen and oxygen atoms in total. The molecule has 0 fully saturated rings. The van der Waals surface area contributed by atoms with Crippen molar-refractivity contribution in [3.63, 3.8) is 0 Å².